The Kier molecular flexibility index (Phi) is 50.9. The zero-order valence-electron chi connectivity index (χ0n) is 42.9. The van der Waals surface area contributed by atoms with Gasteiger partial charge in [-0.2, -0.15) is 0 Å². The molecule has 0 aromatic heterocycles. The average Bonchev–Trinajstić information content (AvgIpc) is 3.29. The summed E-state index contributed by atoms with van der Waals surface area (Å²) in [5.74, 6) is -0.925. The number of carbonyl (C=O) groups excluding carboxylic acids is 3. The lowest BCUT2D eigenvalue weighted by molar-refractivity contribution is -0.167. The highest BCUT2D eigenvalue weighted by Crippen LogP contribution is 2.17. The molecule has 2 atom stereocenters. The monoisotopic (exact) mass is 909 g/mol. The lowest BCUT2D eigenvalue weighted by Crippen LogP contribution is -2.34. The Morgan fingerprint density at radius 3 is 0.812 bits per heavy atom. The molecule has 0 aromatic rings. The summed E-state index contributed by atoms with van der Waals surface area (Å²) in [6, 6.07) is 0. The van der Waals surface area contributed by atoms with Gasteiger partial charge in [-0.25, -0.2) is 0 Å². The Bertz CT molecular complexity index is 972. The third kappa shape index (κ3) is 48.3. The van der Waals surface area contributed by atoms with Gasteiger partial charge in [-0.1, -0.05) is 265 Å². The quantitative estimate of drug-likeness (QED) is 0.0365. The van der Waals surface area contributed by atoms with E-state index in [0.29, 0.717) is 19.3 Å². The summed E-state index contributed by atoms with van der Waals surface area (Å²) in [7, 11) is 0. The molecule has 0 aliphatic carbocycles. The zero-order chi connectivity index (χ0) is 46.7. The molecular weight excluding hydrogens is 801 g/mol. The molecule has 8 nitrogen and oxygen atoms in total. The fourth-order valence-electron chi connectivity index (χ4n) is 8.49. The first kappa shape index (κ1) is 62.3. The average molecular weight is 909 g/mol. The molecular formula is C56H108O8. The van der Waals surface area contributed by atoms with Crippen molar-refractivity contribution in [2.75, 3.05) is 26.4 Å². The molecule has 64 heavy (non-hydrogen) atoms. The maximum atomic E-state index is 12.9. The Hall–Kier alpha value is -1.67. The van der Waals surface area contributed by atoms with Crippen molar-refractivity contribution in [3.63, 3.8) is 0 Å². The van der Waals surface area contributed by atoms with Crippen LogP contribution in [0, 0.1) is 0 Å². The van der Waals surface area contributed by atoms with Crippen LogP contribution in [0.5, 0.6) is 0 Å². The van der Waals surface area contributed by atoms with Gasteiger partial charge in [0.25, 0.3) is 0 Å². The number of hydrogen-bond acceptors (Lipinski definition) is 8. The topological polar surface area (TPSA) is 108 Å². The number of hydrogen-bond donors (Lipinski definition) is 1. The molecule has 380 valence electrons. The van der Waals surface area contributed by atoms with Gasteiger partial charge in [0.05, 0.1) is 13.2 Å². The molecule has 0 spiro atoms. The Morgan fingerprint density at radius 2 is 0.547 bits per heavy atom. The van der Waals surface area contributed by atoms with E-state index < -0.39 is 12.2 Å². The highest BCUT2D eigenvalue weighted by atomic mass is 16.6. The second-order valence-electron chi connectivity index (χ2n) is 19.3. The summed E-state index contributed by atoms with van der Waals surface area (Å²) in [5, 5.41) is 10.00. The van der Waals surface area contributed by atoms with Crippen molar-refractivity contribution >= 4 is 17.9 Å². The van der Waals surface area contributed by atoms with Crippen molar-refractivity contribution < 1.29 is 38.4 Å². The Morgan fingerprint density at radius 1 is 0.312 bits per heavy atom. The van der Waals surface area contributed by atoms with E-state index in [-0.39, 0.29) is 44.3 Å². The van der Waals surface area contributed by atoms with Crippen LogP contribution >= 0.6 is 0 Å². The van der Waals surface area contributed by atoms with Crippen LogP contribution in [-0.4, -0.2) is 61.6 Å². The second kappa shape index (κ2) is 52.3. The first-order valence-electron chi connectivity index (χ1n) is 28.2. The SMILES string of the molecule is CCCCCCCCCCCCCCCCCC(=O)OCC(CO)OCC(COC(=O)CCCCCCCCCCCCCCC)OC(=O)CCCCCCCCCCCCCCC. The van der Waals surface area contributed by atoms with Crippen LogP contribution < -0.4 is 0 Å². The van der Waals surface area contributed by atoms with E-state index >= 15 is 0 Å². The summed E-state index contributed by atoms with van der Waals surface area (Å²) >= 11 is 0. The summed E-state index contributed by atoms with van der Waals surface area (Å²) in [4.78, 5) is 38.0. The van der Waals surface area contributed by atoms with E-state index in [2.05, 4.69) is 20.8 Å². The molecule has 0 aromatic carbocycles. The van der Waals surface area contributed by atoms with Gasteiger partial charge in [0.15, 0.2) is 6.10 Å². The van der Waals surface area contributed by atoms with Crippen molar-refractivity contribution in [3.05, 3.63) is 0 Å². The van der Waals surface area contributed by atoms with Gasteiger partial charge in [-0.15, -0.1) is 0 Å². The minimum Gasteiger partial charge on any atom is -0.463 e. The largest absolute Gasteiger partial charge is 0.463 e. The molecule has 2 unspecified atom stereocenters. The third-order valence-electron chi connectivity index (χ3n) is 12.8. The summed E-state index contributed by atoms with van der Waals surface area (Å²) in [6.45, 7) is 6.21. The van der Waals surface area contributed by atoms with Gasteiger partial charge in [-0.3, -0.25) is 14.4 Å². The van der Waals surface area contributed by atoms with Gasteiger partial charge >= 0.3 is 17.9 Å². The summed E-state index contributed by atoms with van der Waals surface area (Å²) in [5.41, 5.74) is 0. The minimum atomic E-state index is -0.796. The van der Waals surface area contributed by atoms with E-state index in [4.69, 9.17) is 18.9 Å². The molecule has 0 rings (SSSR count). The maximum Gasteiger partial charge on any atom is 0.306 e. The Labute approximate surface area is 397 Å². The summed E-state index contributed by atoms with van der Waals surface area (Å²) < 4.78 is 22.7. The first-order chi connectivity index (χ1) is 31.5. The molecule has 0 aliphatic rings. The molecule has 0 aliphatic heterocycles. The van der Waals surface area contributed by atoms with Crippen molar-refractivity contribution in [2.45, 2.75) is 315 Å². The normalized spacial score (nSPS) is 12.4. The number of carbonyl (C=O) groups is 3. The molecule has 8 heteroatoms. The van der Waals surface area contributed by atoms with Crippen molar-refractivity contribution in [2.24, 2.45) is 0 Å². The fraction of sp³-hybridized carbons (Fsp3) is 0.946. The van der Waals surface area contributed by atoms with Crippen LogP contribution in [0.4, 0.5) is 0 Å². The minimum absolute atomic E-state index is 0.0574. The van der Waals surface area contributed by atoms with Crippen molar-refractivity contribution in [1.29, 1.82) is 0 Å². The zero-order valence-corrected chi connectivity index (χ0v) is 42.9. The lowest BCUT2D eigenvalue weighted by Gasteiger charge is -2.21. The number of aliphatic hydroxyl groups excluding tert-OH is 1. The molecule has 0 bridgehead atoms. The number of ether oxygens (including phenoxy) is 4. The number of unbranched alkanes of at least 4 members (excludes halogenated alkanes) is 38. The van der Waals surface area contributed by atoms with Gasteiger partial charge in [0.1, 0.15) is 19.3 Å². The number of esters is 3. The molecule has 0 saturated carbocycles. The van der Waals surface area contributed by atoms with E-state index in [0.717, 1.165) is 57.8 Å². The fourth-order valence-corrected chi connectivity index (χ4v) is 8.49. The predicted molar refractivity (Wildman–Crippen MR) is 269 cm³/mol. The molecule has 0 saturated heterocycles. The van der Waals surface area contributed by atoms with Crippen LogP contribution in [-0.2, 0) is 33.3 Å². The number of rotatable bonds is 53. The van der Waals surface area contributed by atoms with Crippen LogP contribution in [0.3, 0.4) is 0 Å². The smallest absolute Gasteiger partial charge is 0.306 e. The highest BCUT2D eigenvalue weighted by molar-refractivity contribution is 5.70. The van der Waals surface area contributed by atoms with Crippen LogP contribution in [0.15, 0.2) is 0 Å². The molecule has 1 N–H and O–H groups in total. The van der Waals surface area contributed by atoms with Crippen LogP contribution in [0.1, 0.15) is 303 Å². The summed E-state index contributed by atoms with van der Waals surface area (Å²) in [6.07, 6.45) is 50.7. The predicted octanol–water partition coefficient (Wildman–Crippen LogP) is 16.6. The van der Waals surface area contributed by atoms with Crippen LogP contribution in [0.25, 0.3) is 0 Å². The first-order valence-corrected chi connectivity index (χ1v) is 28.2. The molecule has 0 amide bonds. The van der Waals surface area contributed by atoms with Gasteiger partial charge in [0, 0.05) is 19.3 Å². The molecule has 0 fully saturated rings. The maximum absolute atomic E-state index is 12.9. The standard InChI is InChI=1S/C56H108O8/c1-4-7-10-13-16-19-22-25-26-29-31-34-36-39-42-45-54(58)62-49-52(48-57)61-50-53(64-56(60)47-44-41-38-35-32-28-24-21-18-15-12-9-6-3)51-63-55(59)46-43-40-37-33-30-27-23-20-17-14-11-8-5-2/h52-53,57H,4-51H2,1-3H3. The van der Waals surface area contributed by atoms with Gasteiger partial charge < -0.3 is 24.1 Å². The lowest BCUT2D eigenvalue weighted by atomic mass is 10.0. The van der Waals surface area contributed by atoms with Gasteiger partial charge in [0.2, 0.25) is 0 Å². The number of aliphatic hydroxyl groups is 1. The van der Waals surface area contributed by atoms with Crippen molar-refractivity contribution in [1.82, 2.24) is 0 Å². The molecule has 0 heterocycles. The van der Waals surface area contributed by atoms with E-state index in [1.165, 1.54) is 205 Å². The van der Waals surface area contributed by atoms with Crippen molar-refractivity contribution in [3.8, 4) is 0 Å². The Balaban J connectivity index is 4.46. The van der Waals surface area contributed by atoms with E-state index in [9.17, 15) is 19.5 Å². The molecule has 0 radical (unpaired) electrons. The third-order valence-corrected chi connectivity index (χ3v) is 12.8. The highest BCUT2D eigenvalue weighted by Gasteiger charge is 2.21. The van der Waals surface area contributed by atoms with Gasteiger partial charge in [-0.05, 0) is 19.3 Å². The van der Waals surface area contributed by atoms with Crippen LogP contribution in [0.2, 0.25) is 0 Å². The van der Waals surface area contributed by atoms with E-state index in [1.54, 1.807) is 0 Å². The second-order valence-corrected chi connectivity index (χ2v) is 19.3. The van der Waals surface area contributed by atoms with E-state index in [1.807, 2.05) is 0 Å².